The molecule has 1 aliphatic heterocycles. The highest BCUT2D eigenvalue weighted by atomic mass is 16.5. The van der Waals surface area contributed by atoms with E-state index < -0.39 is 0 Å². The standard InChI is InChI=1S/C25H32N4O2/c1-18-12-19(2)14-20(13-18)16-26-21-6-8-28(9-7-21)10-11-29-24-15-22(31-3)17-27-23(24)4-5-25(29)30/h4-5,12-15,17,21,26H,6-11,16H2,1-3H3. The van der Waals surface area contributed by atoms with Crippen LogP contribution in [0.25, 0.3) is 11.0 Å². The molecule has 0 saturated carbocycles. The number of likely N-dealkylation sites (tertiary alicyclic amines) is 1. The number of methoxy groups -OCH3 is 1. The Hall–Kier alpha value is -2.70. The highest BCUT2D eigenvalue weighted by molar-refractivity contribution is 5.75. The van der Waals surface area contributed by atoms with Crippen LogP contribution >= 0.6 is 0 Å². The summed E-state index contributed by atoms with van der Waals surface area (Å²) in [6.45, 7) is 8.85. The van der Waals surface area contributed by atoms with Crippen molar-refractivity contribution in [2.24, 2.45) is 0 Å². The van der Waals surface area contributed by atoms with Gasteiger partial charge < -0.3 is 19.5 Å². The van der Waals surface area contributed by atoms with Crippen LogP contribution in [0.3, 0.4) is 0 Å². The van der Waals surface area contributed by atoms with Crippen LogP contribution in [0.2, 0.25) is 0 Å². The summed E-state index contributed by atoms with van der Waals surface area (Å²) in [5, 5.41) is 3.73. The van der Waals surface area contributed by atoms with Gasteiger partial charge >= 0.3 is 0 Å². The Morgan fingerprint density at radius 1 is 1.06 bits per heavy atom. The number of piperidine rings is 1. The summed E-state index contributed by atoms with van der Waals surface area (Å²) in [6.07, 6.45) is 3.95. The Labute approximate surface area is 183 Å². The molecule has 0 amide bonds. The molecule has 1 saturated heterocycles. The van der Waals surface area contributed by atoms with E-state index in [4.69, 9.17) is 4.74 Å². The first-order valence-electron chi connectivity index (χ1n) is 11.1. The van der Waals surface area contributed by atoms with Gasteiger partial charge in [0, 0.05) is 37.8 Å². The topological polar surface area (TPSA) is 59.4 Å². The maximum atomic E-state index is 12.5. The van der Waals surface area contributed by atoms with E-state index in [2.05, 4.69) is 47.2 Å². The van der Waals surface area contributed by atoms with Crippen molar-refractivity contribution in [3.63, 3.8) is 0 Å². The number of ether oxygens (including phenoxy) is 1. The SMILES string of the molecule is COc1cnc2ccc(=O)n(CCN3CCC(NCc4cc(C)cc(C)c4)CC3)c2c1. The normalized spacial score (nSPS) is 15.5. The number of aromatic nitrogens is 2. The number of nitrogens with zero attached hydrogens (tertiary/aromatic N) is 3. The number of rotatable bonds is 7. The minimum absolute atomic E-state index is 0.00699. The minimum Gasteiger partial charge on any atom is -0.495 e. The van der Waals surface area contributed by atoms with E-state index in [9.17, 15) is 4.79 Å². The van der Waals surface area contributed by atoms with E-state index in [1.807, 2.05) is 10.6 Å². The molecule has 0 radical (unpaired) electrons. The predicted octanol–water partition coefficient (Wildman–Crippen LogP) is 3.28. The second-order valence-corrected chi connectivity index (χ2v) is 8.60. The van der Waals surface area contributed by atoms with Crippen LogP contribution in [-0.4, -0.2) is 47.2 Å². The number of pyridine rings is 2. The van der Waals surface area contributed by atoms with Gasteiger partial charge in [-0.15, -0.1) is 0 Å². The molecular weight excluding hydrogens is 388 g/mol. The summed E-state index contributed by atoms with van der Waals surface area (Å²) in [4.78, 5) is 19.4. The molecule has 3 aromatic rings. The molecule has 1 N–H and O–H groups in total. The largest absolute Gasteiger partial charge is 0.495 e. The Morgan fingerprint density at radius 3 is 2.52 bits per heavy atom. The summed E-state index contributed by atoms with van der Waals surface area (Å²) in [6, 6.07) is 12.6. The molecule has 6 nitrogen and oxygen atoms in total. The van der Waals surface area contributed by atoms with Gasteiger partial charge in [0.2, 0.25) is 0 Å². The van der Waals surface area contributed by atoms with Gasteiger partial charge in [0.25, 0.3) is 5.56 Å². The first kappa shape index (κ1) is 21.5. The van der Waals surface area contributed by atoms with Crippen molar-refractivity contribution in [1.29, 1.82) is 0 Å². The number of fused-ring (bicyclic) bond motifs is 1. The lowest BCUT2D eigenvalue weighted by Crippen LogP contribution is -2.43. The van der Waals surface area contributed by atoms with Gasteiger partial charge in [0.05, 0.1) is 24.3 Å². The lowest BCUT2D eigenvalue weighted by Gasteiger charge is -2.32. The number of benzene rings is 1. The second kappa shape index (κ2) is 9.62. The van der Waals surface area contributed by atoms with Gasteiger partial charge in [-0.3, -0.25) is 9.78 Å². The maximum absolute atomic E-state index is 12.5. The van der Waals surface area contributed by atoms with Crippen LogP contribution < -0.4 is 15.6 Å². The fourth-order valence-electron chi connectivity index (χ4n) is 4.53. The average Bonchev–Trinajstić information content (AvgIpc) is 2.77. The third-order valence-corrected chi connectivity index (χ3v) is 6.15. The Balaban J connectivity index is 1.31. The molecule has 1 aliphatic rings. The van der Waals surface area contributed by atoms with Crippen molar-refractivity contribution in [3.8, 4) is 5.75 Å². The van der Waals surface area contributed by atoms with Crippen molar-refractivity contribution in [3.05, 3.63) is 69.6 Å². The molecular formula is C25H32N4O2. The molecule has 1 fully saturated rings. The van der Waals surface area contributed by atoms with Crippen LogP contribution in [0.1, 0.15) is 29.5 Å². The van der Waals surface area contributed by atoms with Gasteiger partial charge in [-0.05, 0) is 51.4 Å². The fourth-order valence-corrected chi connectivity index (χ4v) is 4.53. The van der Waals surface area contributed by atoms with Crippen molar-refractivity contribution in [2.45, 2.75) is 45.8 Å². The monoisotopic (exact) mass is 420 g/mol. The minimum atomic E-state index is 0.00699. The average molecular weight is 421 g/mol. The lowest BCUT2D eigenvalue weighted by atomic mass is 10.0. The molecule has 0 atom stereocenters. The third-order valence-electron chi connectivity index (χ3n) is 6.15. The first-order valence-corrected chi connectivity index (χ1v) is 11.1. The molecule has 2 aromatic heterocycles. The molecule has 0 bridgehead atoms. The molecule has 1 aromatic carbocycles. The van der Waals surface area contributed by atoms with Gasteiger partial charge in [-0.1, -0.05) is 29.3 Å². The fraction of sp³-hybridized carbons (Fsp3) is 0.440. The van der Waals surface area contributed by atoms with Crippen molar-refractivity contribution < 1.29 is 4.74 Å². The summed E-state index contributed by atoms with van der Waals surface area (Å²) < 4.78 is 7.11. The number of hydrogen-bond acceptors (Lipinski definition) is 5. The van der Waals surface area contributed by atoms with Gasteiger partial charge in [-0.25, -0.2) is 0 Å². The van der Waals surface area contributed by atoms with E-state index in [-0.39, 0.29) is 5.56 Å². The molecule has 6 heteroatoms. The molecule has 4 rings (SSSR count). The van der Waals surface area contributed by atoms with Crippen LogP contribution in [0.5, 0.6) is 5.75 Å². The quantitative estimate of drug-likeness (QED) is 0.636. The summed E-state index contributed by atoms with van der Waals surface area (Å²) in [5.74, 6) is 0.669. The molecule has 0 unspecified atom stereocenters. The Bertz CT molecular complexity index is 1080. The van der Waals surface area contributed by atoms with E-state index in [1.54, 1.807) is 25.4 Å². The zero-order chi connectivity index (χ0) is 21.8. The highest BCUT2D eigenvalue weighted by Crippen LogP contribution is 2.17. The molecule has 0 aliphatic carbocycles. The van der Waals surface area contributed by atoms with E-state index >= 15 is 0 Å². The van der Waals surface area contributed by atoms with Crippen molar-refractivity contribution in [1.82, 2.24) is 19.8 Å². The van der Waals surface area contributed by atoms with Gasteiger partial charge in [-0.2, -0.15) is 0 Å². The first-order chi connectivity index (χ1) is 15.0. The number of hydrogen-bond donors (Lipinski definition) is 1. The van der Waals surface area contributed by atoms with Crippen molar-refractivity contribution in [2.75, 3.05) is 26.7 Å². The zero-order valence-corrected chi connectivity index (χ0v) is 18.7. The molecule has 3 heterocycles. The molecule has 164 valence electrons. The van der Waals surface area contributed by atoms with Gasteiger partial charge in [0.15, 0.2) is 0 Å². The summed E-state index contributed by atoms with van der Waals surface area (Å²) in [7, 11) is 1.62. The Morgan fingerprint density at radius 2 is 1.81 bits per heavy atom. The van der Waals surface area contributed by atoms with Crippen LogP contribution in [-0.2, 0) is 13.1 Å². The van der Waals surface area contributed by atoms with E-state index in [0.29, 0.717) is 18.3 Å². The lowest BCUT2D eigenvalue weighted by molar-refractivity contribution is 0.191. The summed E-state index contributed by atoms with van der Waals surface area (Å²) >= 11 is 0. The third kappa shape index (κ3) is 5.32. The number of aryl methyl sites for hydroxylation is 2. The van der Waals surface area contributed by atoms with Crippen LogP contribution in [0, 0.1) is 13.8 Å². The number of nitrogens with one attached hydrogen (secondary N) is 1. The van der Waals surface area contributed by atoms with Crippen molar-refractivity contribution >= 4 is 11.0 Å². The van der Waals surface area contributed by atoms with E-state index in [1.165, 1.54) is 16.7 Å². The predicted molar refractivity (Wildman–Crippen MR) is 125 cm³/mol. The second-order valence-electron chi connectivity index (χ2n) is 8.60. The molecule has 0 spiro atoms. The smallest absolute Gasteiger partial charge is 0.251 e. The van der Waals surface area contributed by atoms with Crippen LogP contribution in [0.15, 0.2) is 47.4 Å². The summed E-state index contributed by atoms with van der Waals surface area (Å²) in [5.41, 5.74) is 5.66. The zero-order valence-electron chi connectivity index (χ0n) is 18.7. The maximum Gasteiger partial charge on any atom is 0.251 e. The van der Waals surface area contributed by atoms with Gasteiger partial charge in [0.1, 0.15) is 5.75 Å². The van der Waals surface area contributed by atoms with Crippen LogP contribution in [0.4, 0.5) is 0 Å². The highest BCUT2D eigenvalue weighted by Gasteiger charge is 2.19. The van der Waals surface area contributed by atoms with E-state index in [0.717, 1.165) is 50.1 Å². The molecule has 31 heavy (non-hydrogen) atoms. The Kier molecular flexibility index (Phi) is 6.68.